The SMILES string of the molecule is C[C@@H]1CN(S(=O)(=O)c2ccc(C(=O)NC3CCCC3)cc2)C[C@@H](C)O1. The third kappa shape index (κ3) is 4.22. The van der Waals surface area contributed by atoms with Gasteiger partial charge < -0.3 is 10.1 Å². The van der Waals surface area contributed by atoms with Gasteiger partial charge in [-0.15, -0.1) is 0 Å². The molecule has 1 heterocycles. The van der Waals surface area contributed by atoms with E-state index in [0.717, 1.165) is 25.7 Å². The van der Waals surface area contributed by atoms with E-state index >= 15 is 0 Å². The monoisotopic (exact) mass is 366 g/mol. The van der Waals surface area contributed by atoms with Crippen molar-refractivity contribution in [3.8, 4) is 0 Å². The Morgan fingerprint density at radius 3 is 2.20 bits per heavy atom. The van der Waals surface area contributed by atoms with Gasteiger partial charge in [-0.2, -0.15) is 4.31 Å². The Balaban J connectivity index is 1.71. The molecule has 6 nitrogen and oxygen atoms in total. The van der Waals surface area contributed by atoms with Gasteiger partial charge in [0.05, 0.1) is 17.1 Å². The molecule has 1 amide bonds. The molecule has 2 fully saturated rings. The van der Waals surface area contributed by atoms with Gasteiger partial charge in [0.15, 0.2) is 0 Å². The van der Waals surface area contributed by atoms with Gasteiger partial charge >= 0.3 is 0 Å². The zero-order valence-corrected chi connectivity index (χ0v) is 15.6. The number of morpholine rings is 1. The minimum atomic E-state index is -3.57. The van der Waals surface area contributed by atoms with Crippen LogP contribution in [0.1, 0.15) is 49.9 Å². The zero-order valence-electron chi connectivity index (χ0n) is 14.8. The molecule has 1 N–H and O–H groups in total. The number of nitrogens with zero attached hydrogens (tertiary/aromatic N) is 1. The van der Waals surface area contributed by atoms with Gasteiger partial charge in [0.2, 0.25) is 10.0 Å². The van der Waals surface area contributed by atoms with E-state index in [9.17, 15) is 13.2 Å². The maximum Gasteiger partial charge on any atom is 0.251 e. The van der Waals surface area contributed by atoms with Gasteiger partial charge in [-0.05, 0) is 51.0 Å². The summed E-state index contributed by atoms with van der Waals surface area (Å²) in [6.07, 6.45) is 4.08. The van der Waals surface area contributed by atoms with E-state index in [2.05, 4.69) is 5.32 Å². The quantitative estimate of drug-likeness (QED) is 0.886. The van der Waals surface area contributed by atoms with Gasteiger partial charge in [-0.1, -0.05) is 12.8 Å². The second-order valence-electron chi connectivity index (χ2n) is 7.06. The highest BCUT2D eigenvalue weighted by Gasteiger charge is 2.32. The van der Waals surface area contributed by atoms with Crippen molar-refractivity contribution < 1.29 is 17.9 Å². The van der Waals surface area contributed by atoms with Crippen molar-refractivity contribution in [2.75, 3.05) is 13.1 Å². The van der Waals surface area contributed by atoms with Crippen molar-refractivity contribution in [3.05, 3.63) is 29.8 Å². The number of carbonyl (C=O) groups is 1. The number of ether oxygens (including phenoxy) is 1. The fraction of sp³-hybridized carbons (Fsp3) is 0.611. The molecule has 0 radical (unpaired) electrons. The minimum absolute atomic E-state index is 0.130. The van der Waals surface area contributed by atoms with Crippen LogP contribution < -0.4 is 5.32 Å². The van der Waals surface area contributed by atoms with E-state index < -0.39 is 10.0 Å². The lowest BCUT2D eigenvalue weighted by atomic mass is 10.2. The summed E-state index contributed by atoms with van der Waals surface area (Å²) in [7, 11) is -3.57. The predicted octanol–water partition coefficient (Wildman–Crippen LogP) is 2.16. The highest BCUT2D eigenvalue weighted by Crippen LogP contribution is 2.22. The van der Waals surface area contributed by atoms with Crippen LogP contribution in [-0.2, 0) is 14.8 Å². The Hall–Kier alpha value is -1.44. The molecule has 1 aromatic carbocycles. The van der Waals surface area contributed by atoms with E-state index in [4.69, 9.17) is 4.74 Å². The van der Waals surface area contributed by atoms with Crippen molar-refractivity contribution in [1.82, 2.24) is 9.62 Å². The Morgan fingerprint density at radius 1 is 1.08 bits per heavy atom. The normalized spacial score (nSPS) is 25.8. The predicted molar refractivity (Wildman–Crippen MR) is 94.9 cm³/mol. The van der Waals surface area contributed by atoms with E-state index in [1.807, 2.05) is 13.8 Å². The molecule has 7 heteroatoms. The maximum atomic E-state index is 12.8. The number of benzene rings is 1. The molecule has 1 saturated heterocycles. The standard InChI is InChI=1S/C18H26N2O4S/c1-13-11-20(12-14(2)24-13)25(22,23)17-9-7-15(8-10-17)18(21)19-16-5-3-4-6-16/h7-10,13-14,16H,3-6,11-12H2,1-2H3,(H,19,21)/t13-,14-/m1/s1. The van der Waals surface area contributed by atoms with Crippen LogP contribution in [-0.4, -0.2) is 50.0 Å². The number of carbonyl (C=O) groups excluding carboxylic acids is 1. The van der Waals surface area contributed by atoms with Gasteiger partial charge in [0.1, 0.15) is 0 Å². The fourth-order valence-corrected chi connectivity index (χ4v) is 5.18. The summed E-state index contributed by atoms with van der Waals surface area (Å²) in [6, 6.07) is 6.45. The lowest BCUT2D eigenvalue weighted by Gasteiger charge is -2.34. The largest absolute Gasteiger partial charge is 0.373 e. The molecule has 1 aliphatic carbocycles. The molecule has 0 aromatic heterocycles. The third-order valence-electron chi connectivity index (χ3n) is 4.83. The highest BCUT2D eigenvalue weighted by molar-refractivity contribution is 7.89. The maximum absolute atomic E-state index is 12.8. The highest BCUT2D eigenvalue weighted by atomic mass is 32.2. The van der Waals surface area contributed by atoms with Crippen LogP contribution >= 0.6 is 0 Å². The summed E-state index contributed by atoms with van der Waals surface area (Å²) < 4.78 is 32.7. The van der Waals surface area contributed by atoms with Gasteiger partial charge in [0, 0.05) is 24.7 Å². The first kappa shape index (κ1) is 18.4. The number of rotatable bonds is 4. The molecular weight excluding hydrogens is 340 g/mol. The molecular formula is C18H26N2O4S. The van der Waals surface area contributed by atoms with Crippen molar-refractivity contribution in [2.24, 2.45) is 0 Å². The van der Waals surface area contributed by atoms with Gasteiger partial charge in [-0.3, -0.25) is 4.79 Å². The van der Waals surface area contributed by atoms with Crippen LogP contribution in [0.5, 0.6) is 0 Å². The molecule has 2 aliphatic rings. The molecule has 1 aromatic rings. The summed E-state index contributed by atoms with van der Waals surface area (Å²) in [5, 5.41) is 3.01. The number of nitrogens with one attached hydrogen (secondary N) is 1. The summed E-state index contributed by atoms with van der Waals surface area (Å²) in [5.41, 5.74) is 0.495. The van der Waals surface area contributed by atoms with Gasteiger partial charge in [-0.25, -0.2) is 8.42 Å². The number of hydrogen-bond acceptors (Lipinski definition) is 4. The molecule has 3 rings (SSSR count). The lowest BCUT2D eigenvalue weighted by Crippen LogP contribution is -2.48. The molecule has 1 saturated carbocycles. The van der Waals surface area contributed by atoms with Crippen LogP contribution in [0.2, 0.25) is 0 Å². The van der Waals surface area contributed by atoms with E-state index in [-0.39, 0.29) is 29.1 Å². The first-order chi connectivity index (χ1) is 11.9. The Kier molecular flexibility index (Phi) is 5.46. The zero-order chi connectivity index (χ0) is 18.0. The second kappa shape index (κ2) is 7.43. The smallest absolute Gasteiger partial charge is 0.251 e. The van der Waals surface area contributed by atoms with Crippen LogP contribution in [0.15, 0.2) is 29.2 Å². The molecule has 2 atom stereocenters. The summed E-state index contributed by atoms with van der Waals surface area (Å²) >= 11 is 0. The molecule has 138 valence electrons. The molecule has 25 heavy (non-hydrogen) atoms. The lowest BCUT2D eigenvalue weighted by molar-refractivity contribution is -0.0440. The van der Waals surface area contributed by atoms with E-state index in [0.29, 0.717) is 18.7 Å². The van der Waals surface area contributed by atoms with Crippen molar-refractivity contribution in [3.63, 3.8) is 0 Å². The summed E-state index contributed by atoms with van der Waals surface area (Å²) in [6.45, 7) is 4.43. The average molecular weight is 366 g/mol. The number of amides is 1. The van der Waals surface area contributed by atoms with Crippen molar-refractivity contribution in [2.45, 2.75) is 62.7 Å². The van der Waals surface area contributed by atoms with Crippen molar-refractivity contribution >= 4 is 15.9 Å². The Labute approximate surface area is 149 Å². The molecule has 1 aliphatic heterocycles. The number of sulfonamides is 1. The van der Waals surface area contributed by atoms with E-state index in [1.165, 1.54) is 16.4 Å². The summed E-state index contributed by atoms with van der Waals surface area (Å²) in [4.78, 5) is 12.5. The van der Waals surface area contributed by atoms with E-state index in [1.54, 1.807) is 12.1 Å². The second-order valence-corrected chi connectivity index (χ2v) is 9.00. The molecule has 0 spiro atoms. The average Bonchev–Trinajstić information content (AvgIpc) is 3.07. The van der Waals surface area contributed by atoms with Crippen LogP contribution in [0.4, 0.5) is 0 Å². The van der Waals surface area contributed by atoms with Crippen LogP contribution in [0, 0.1) is 0 Å². The van der Waals surface area contributed by atoms with Gasteiger partial charge in [0.25, 0.3) is 5.91 Å². The fourth-order valence-electron chi connectivity index (χ4n) is 3.59. The Morgan fingerprint density at radius 2 is 1.64 bits per heavy atom. The third-order valence-corrected chi connectivity index (χ3v) is 6.68. The first-order valence-corrected chi connectivity index (χ1v) is 10.4. The molecule has 0 unspecified atom stereocenters. The minimum Gasteiger partial charge on any atom is -0.373 e. The summed E-state index contributed by atoms with van der Waals surface area (Å²) in [5.74, 6) is -0.135. The van der Waals surface area contributed by atoms with Crippen LogP contribution in [0.25, 0.3) is 0 Å². The van der Waals surface area contributed by atoms with Crippen LogP contribution in [0.3, 0.4) is 0 Å². The number of hydrogen-bond donors (Lipinski definition) is 1. The first-order valence-electron chi connectivity index (χ1n) is 8.93. The molecule has 0 bridgehead atoms. The Bertz CT molecular complexity index is 701. The van der Waals surface area contributed by atoms with Crippen molar-refractivity contribution in [1.29, 1.82) is 0 Å². The topological polar surface area (TPSA) is 75.7 Å².